The molecule has 0 atom stereocenters. The van der Waals surface area contributed by atoms with Gasteiger partial charge in [-0.15, -0.1) is 12.3 Å². The molecule has 0 saturated carbocycles. The van der Waals surface area contributed by atoms with Gasteiger partial charge >= 0.3 is 0 Å². The van der Waals surface area contributed by atoms with Crippen LogP contribution < -0.4 is 0 Å². The second-order valence-corrected chi connectivity index (χ2v) is 3.57. The quantitative estimate of drug-likeness (QED) is 0.284. The summed E-state index contributed by atoms with van der Waals surface area (Å²) < 4.78 is 0. The number of allylic oxidation sites excluding steroid dienone is 5. The Kier molecular flexibility index (Phi) is 41.7. The first-order chi connectivity index (χ1) is 9.04. The molecule has 0 heteroatoms. The smallest absolute Gasteiger partial charge is 0.0137 e. The molecule has 112 valence electrons. The van der Waals surface area contributed by atoms with Gasteiger partial charge in [-0.25, -0.2) is 0 Å². The molecule has 0 amide bonds. The molecule has 0 aromatic rings. The molecule has 0 heterocycles. The SMILES string of the molecule is C=C(C)C.C=C(C=C=CC)/C=C/CCC.CC.CC. The predicted octanol–water partition coefficient (Wildman–Crippen LogP) is 7.26. The standard InChI is InChI=1S/C11H16.C4H8.2C2H6/c1-4-6-8-10-11(3)9-7-5-2;1-4(2)3;2*1-2/h5,8-10H,3-4,6H2,1-2H3;1H2,2-3H3;2*1-2H3/b10-8+;;;. The molecule has 0 spiro atoms. The van der Waals surface area contributed by atoms with E-state index < -0.39 is 0 Å². The van der Waals surface area contributed by atoms with Gasteiger partial charge in [-0.05, 0) is 44.9 Å². The molecule has 0 aliphatic rings. The van der Waals surface area contributed by atoms with Crippen molar-refractivity contribution >= 4 is 0 Å². The van der Waals surface area contributed by atoms with E-state index in [1.165, 1.54) is 12.0 Å². The van der Waals surface area contributed by atoms with Crippen molar-refractivity contribution in [2.45, 2.75) is 68.2 Å². The van der Waals surface area contributed by atoms with E-state index in [1.54, 1.807) is 0 Å². The van der Waals surface area contributed by atoms with Crippen molar-refractivity contribution < 1.29 is 0 Å². The lowest BCUT2D eigenvalue weighted by Gasteiger charge is -1.85. The third kappa shape index (κ3) is 60.7. The molecule has 0 aliphatic heterocycles. The van der Waals surface area contributed by atoms with Crippen molar-refractivity contribution in [1.29, 1.82) is 0 Å². The second-order valence-electron chi connectivity index (χ2n) is 3.57. The Bertz CT molecular complexity index is 254. The Morgan fingerprint density at radius 1 is 1.05 bits per heavy atom. The minimum Gasteiger partial charge on any atom is -0.125 e. The summed E-state index contributed by atoms with van der Waals surface area (Å²) in [6.07, 6.45) is 10.2. The van der Waals surface area contributed by atoms with Crippen LogP contribution in [0.1, 0.15) is 68.2 Å². The van der Waals surface area contributed by atoms with Gasteiger partial charge < -0.3 is 0 Å². The summed E-state index contributed by atoms with van der Waals surface area (Å²) >= 11 is 0. The lowest BCUT2D eigenvalue weighted by atomic mass is 10.2. The molecule has 0 rings (SSSR count). The monoisotopic (exact) mass is 264 g/mol. The zero-order chi connectivity index (χ0) is 16.1. The first-order valence-electron chi connectivity index (χ1n) is 7.39. The molecule has 0 unspecified atom stereocenters. The Labute approximate surface area is 123 Å². The van der Waals surface area contributed by atoms with Crippen molar-refractivity contribution in [1.82, 2.24) is 0 Å². The van der Waals surface area contributed by atoms with Gasteiger partial charge in [-0.1, -0.05) is 65.3 Å². The number of hydrogen-bond acceptors (Lipinski definition) is 0. The molecule has 0 radical (unpaired) electrons. The van der Waals surface area contributed by atoms with Gasteiger partial charge in [0.25, 0.3) is 0 Å². The Hall–Kier alpha value is -1.26. The molecule has 0 aromatic heterocycles. The van der Waals surface area contributed by atoms with E-state index in [4.69, 9.17) is 0 Å². The highest BCUT2D eigenvalue weighted by Gasteiger charge is 1.76. The third-order valence-corrected chi connectivity index (χ3v) is 1.22. The summed E-state index contributed by atoms with van der Waals surface area (Å²) in [6, 6.07) is 0. The fourth-order valence-electron chi connectivity index (χ4n) is 0.640. The largest absolute Gasteiger partial charge is 0.125 e. The van der Waals surface area contributed by atoms with E-state index in [1.807, 2.05) is 66.7 Å². The van der Waals surface area contributed by atoms with Crippen LogP contribution in [0.2, 0.25) is 0 Å². The van der Waals surface area contributed by atoms with Gasteiger partial charge in [0.15, 0.2) is 0 Å². The topological polar surface area (TPSA) is 0 Å². The average molecular weight is 264 g/mol. The Morgan fingerprint density at radius 2 is 1.47 bits per heavy atom. The van der Waals surface area contributed by atoms with Gasteiger partial charge in [0.05, 0.1) is 0 Å². The first kappa shape index (κ1) is 26.3. The molecule has 0 aromatic carbocycles. The maximum Gasteiger partial charge on any atom is -0.0137 e. The van der Waals surface area contributed by atoms with Crippen LogP contribution in [0, 0.1) is 0 Å². The van der Waals surface area contributed by atoms with Gasteiger partial charge in [-0.3, -0.25) is 0 Å². The van der Waals surface area contributed by atoms with Crippen LogP contribution in [0.15, 0.2) is 54.3 Å². The highest BCUT2D eigenvalue weighted by molar-refractivity contribution is 5.26. The van der Waals surface area contributed by atoms with Crippen LogP contribution in [-0.2, 0) is 0 Å². The minimum absolute atomic E-state index is 1.01. The normalized spacial score (nSPS) is 7.37. The molecular weight excluding hydrogens is 228 g/mol. The van der Waals surface area contributed by atoms with E-state index in [0.717, 1.165) is 12.0 Å². The maximum atomic E-state index is 3.84. The lowest BCUT2D eigenvalue weighted by molar-refractivity contribution is 0.958. The Morgan fingerprint density at radius 3 is 1.79 bits per heavy atom. The summed E-state index contributed by atoms with van der Waals surface area (Å²) in [4.78, 5) is 0. The maximum absolute atomic E-state index is 3.84. The van der Waals surface area contributed by atoms with E-state index in [0.29, 0.717) is 0 Å². The van der Waals surface area contributed by atoms with Crippen LogP contribution in [0.5, 0.6) is 0 Å². The second kappa shape index (κ2) is 30.1. The molecule has 0 N–H and O–H groups in total. The zero-order valence-electron chi connectivity index (χ0n) is 14.6. The predicted molar refractivity (Wildman–Crippen MR) is 94.7 cm³/mol. The van der Waals surface area contributed by atoms with Gasteiger partial charge in [-0.2, -0.15) is 0 Å². The lowest BCUT2D eigenvalue weighted by Crippen LogP contribution is -1.65. The molecular formula is C19H36. The van der Waals surface area contributed by atoms with Crippen molar-refractivity contribution in [3.05, 3.63) is 54.3 Å². The highest BCUT2D eigenvalue weighted by atomic mass is 13.8. The van der Waals surface area contributed by atoms with Crippen LogP contribution in [0.3, 0.4) is 0 Å². The summed E-state index contributed by atoms with van der Waals surface area (Å²) in [5, 5.41) is 0. The van der Waals surface area contributed by atoms with Gasteiger partial charge in [0.2, 0.25) is 0 Å². The molecule has 0 bridgehead atoms. The van der Waals surface area contributed by atoms with Crippen LogP contribution in [0.4, 0.5) is 0 Å². The molecule has 0 fully saturated rings. The van der Waals surface area contributed by atoms with Gasteiger partial charge in [0, 0.05) is 0 Å². The fraction of sp³-hybridized carbons (Fsp3) is 0.526. The Balaban J connectivity index is -0.000000118. The summed E-state index contributed by atoms with van der Waals surface area (Å²) in [5.74, 6) is 0. The molecule has 19 heavy (non-hydrogen) atoms. The molecule has 0 saturated heterocycles. The summed E-state index contributed by atoms with van der Waals surface area (Å²) in [5.41, 5.74) is 5.15. The molecule has 0 nitrogen and oxygen atoms in total. The van der Waals surface area contributed by atoms with E-state index in [2.05, 4.69) is 31.9 Å². The van der Waals surface area contributed by atoms with E-state index in [-0.39, 0.29) is 0 Å². The van der Waals surface area contributed by atoms with Crippen LogP contribution in [0.25, 0.3) is 0 Å². The summed E-state index contributed by atoms with van der Waals surface area (Å²) in [7, 11) is 0. The van der Waals surface area contributed by atoms with Crippen molar-refractivity contribution in [3.63, 3.8) is 0 Å². The van der Waals surface area contributed by atoms with Crippen molar-refractivity contribution in [2.24, 2.45) is 0 Å². The van der Waals surface area contributed by atoms with E-state index in [9.17, 15) is 0 Å². The average Bonchev–Trinajstić information content (AvgIpc) is 2.41. The van der Waals surface area contributed by atoms with Crippen LogP contribution >= 0.6 is 0 Å². The molecule has 0 aliphatic carbocycles. The van der Waals surface area contributed by atoms with Gasteiger partial charge in [0.1, 0.15) is 0 Å². The third-order valence-electron chi connectivity index (χ3n) is 1.22. The number of hydrogen-bond donors (Lipinski definition) is 0. The summed E-state index contributed by atoms with van der Waals surface area (Å²) in [6.45, 7) is 23.4. The highest BCUT2D eigenvalue weighted by Crippen LogP contribution is 1.96. The minimum atomic E-state index is 1.01. The van der Waals surface area contributed by atoms with E-state index >= 15 is 0 Å². The van der Waals surface area contributed by atoms with Crippen LogP contribution in [-0.4, -0.2) is 0 Å². The zero-order valence-corrected chi connectivity index (χ0v) is 14.6. The van der Waals surface area contributed by atoms with Crippen molar-refractivity contribution in [3.8, 4) is 0 Å². The number of unbranched alkanes of at least 4 members (excludes halogenated alkanes) is 1. The number of rotatable bonds is 4. The van der Waals surface area contributed by atoms with Crippen molar-refractivity contribution in [2.75, 3.05) is 0 Å². The fourth-order valence-corrected chi connectivity index (χ4v) is 0.640. The first-order valence-corrected chi connectivity index (χ1v) is 7.39.